The van der Waals surface area contributed by atoms with Crippen LogP contribution in [0.1, 0.15) is 5.56 Å². The second-order valence-corrected chi connectivity index (χ2v) is 5.05. The van der Waals surface area contributed by atoms with E-state index in [0.717, 1.165) is 5.56 Å². The number of fused-ring (bicyclic) bond motifs is 1. The lowest BCUT2D eigenvalue weighted by atomic mass is 10.1. The van der Waals surface area contributed by atoms with E-state index < -0.39 is 12.0 Å². The number of aliphatic carboxylic acids is 1. The Labute approximate surface area is 121 Å². The van der Waals surface area contributed by atoms with Gasteiger partial charge in [0.05, 0.1) is 6.42 Å². The number of carbonyl (C=O) groups excluding carboxylic acids is 1. The molecule has 1 amide bonds. The van der Waals surface area contributed by atoms with Crippen molar-refractivity contribution in [2.45, 2.75) is 12.5 Å². The van der Waals surface area contributed by atoms with E-state index in [4.69, 9.17) is 14.6 Å². The molecule has 7 nitrogen and oxygen atoms in total. The summed E-state index contributed by atoms with van der Waals surface area (Å²) >= 11 is 0. The van der Waals surface area contributed by atoms with E-state index in [2.05, 4.69) is 5.32 Å². The minimum atomic E-state index is -0.935. The smallest absolute Gasteiger partial charge is 0.322 e. The van der Waals surface area contributed by atoms with Crippen molar-refractivity contribution in [3.05, 3.63) is 23.8 Å². The van der Waals surface area contributed by atoms with Crippen LogP contribution in [0.2, 0.25) is 0 Å². The first-order chi connectivity index (χ1) is 10.1. The number of nitrogens with zero attached hydrogens (tertiary/aromatic N) is 1. The molecular formula is C14H16N2O5. The molecule has 7 heteroatoms. The van der Waals surface area contributed by atoms with Gasteiger partial charge in [-0.15, -0.1) is 0 Å². The van der Waals surface area contributed by atoms with Crippen LogP contribution in [0.15, 0.2) is 18.2 Å². The predicted molar refractivity (Wildman–Crippen MR) is 72.3 cm³/mol. The highest BCUT2D eigenvalue weighted by Crippen LogP contribution is 2.32. The van der Waals surface area contributed by atoms with Crippen molar-refractivity contribution in [1.29, 1.82) is 0 Å². The number of carboxylic acid groups (broad SMARTS) is 1. The Balaban J connectivity index is 1.64. The van der Waals surface area contributed by atoms with E-state index >= 15 is 0 Å². The monoisotopic (exact) mass is 292 g/mol. The Morgan fingerprint density at radius 2 is 2.14 bits per heavy atom. The average molecular weight is 292 g/mol. The zero-order valence-corrected chi connectivity index (χ0v) is 11.4. The molecule has 0 radical (unpaired) electrons. The normalized spacial score (nSPS) is 20.4. The highest BCUT2D eigenvalue weighted by Gasteiger charge is 2.27. The number of nitrogens with one attached hydrogen (secondary N) is 1. The summed E-state index contributed by atoms with van der Waals surface area (Å²) in [5, 5.41) is 11.9. The lowest BCUT2D eigenvalue weighted by Crippen LogP contribution is -2.56. The molecule has 1 saturated heterocycles. The Morgan fingerprint density at radius 3 is 2.95 bits per heavy atom. The minimum Gasteiger partial charge on any atom is -0.480 e. The van der Waals surface area contributed by atoms with Crippen molar-refractivity contribution in [2.75, 3.05) is 26.4 Å². The first-order valence-corrected chi connectivity index (χ1v) is 6.76. The summed E-state index contributed by atoms with van der Waals surface area (Å²) in [5.41, 5.74) is 0.828. The van der Waals surface area contributed by atoms with Crippen LogP contribution >= 0.6 is 0 Å². The topological polar surface area (TPSA) is 88.1 Å². The van der Waals surface area contributed by atoms with Crippen LogP contribution in [0.3, 0.4) is 0 Å². The molecule has 0 spiro atoms. The highest BCUT2D eigenvalue weighted by molar-refractivity contribution is 5.81. The fourth-order valence-electron chi connectivity index (χ4n) is 2.48. The van der Waals surface area contributed by atoms with Gasteiger partial charge in [-0.3, -0.25) is 9.59 Å². The molecule has 1 atom stereocenters. The van der Waals surface area contributed by atoms with Crippen molar-refractivity contribution < 1.29 is 24.2 Å². The van der Waals surface area contributed by atoms with Crippen LogP contribution in [0, 0.1) is 0 Å². The van der Waals surface area contributed by atoms with E-state index in [-0.39, 0.29) is 25.7 Å². The number of benzene rings is 1. The summed E-state index contributed by atoms with van der Waals surface area (Å²) in [6.07, 6.45) is 0.225. The Bertz CT molecular complexity index is 574. The molecule has 112 valence electrons. The van der Waals surface area contributed by atoms with Gasteiger partial charge in [-0.2, -0.15) is 0 Å². The molecule has 0 saturated carbocycles. The van der Waals surface area contributed by atoms with Gasteiger partial charge in [-0.05, 0) is 17.7 Å². The molecule has 1 aromatic rings. The van der Waals surface area contributed by atoms with Crippen molar-refractivity contribution in [3.8, 4) is 11.5 Å². The number of hydrogen-bond acceptors (Lipinski definition) is 5. The fraction of sp³-hybridized carbons (Fsp3) is 0.429. The molecule has 1 aromatic carbocycles. The molecule has 0 aliphatic carbocycles. The summed E-state index contributed by atoms with van der Waals surface area (Å²) in [4.78, 5) is 24.8. The van der Waals surface area contributed by atoms with E-state index in [0.29, 0.717) is 24.6 Å². The molecule has 1 fully saturated rings. The van der Waals surface area contributed by atoms with Gasteiger partial charge in [0.25, 0.3) is 0 Å². The van der Waals surface area contributed by atoms with Crippen LogP contribution < -0.4 is 14.8 Å². The standard InChI is InChI=1S/C14H16N2O5/c17-13(16-4-3-15-10(7-16)14(18)19)6-9-1-2-11-12(5-9)21-8-20-11/h1-2,5,10,15H,3-4,6-8H2,(H,18,19). The average Bonchev–Trinajstić information content (AvgIpc) is 2.95. The molecule has 0 bridgehead atoms. The van der Waals surface area contributed by atoms with Gasteiger partial charge in [-0.1, -0.05) is 6.07 Å². The Morgan fingerprint density at radius 1 is 1.33 bits per heavy atom. The van der Waals surface area contributed by atoms with Gasteiger partial charge in [0.1, 0.15) is 6.04 Å². The van der Waals surface area contributed by atoms with Crippen molar-refractivity contribution in [2.24, 2.45) is 0 Å². The number of piperazine rings is 1. The summed E-state index contributed by atoms with van der Waals surface area (Å²) in [6, 6.07) is 4.70. The van der Waals surface area contributed by atoms with E-state index in [9.17, 15) is 9.59 Å². The van der Waals surface area contributed by atoms with Crippen LogP contribution in [0.4, 0.5) is 0 Å². The quantitative estimate of drug-likeness (QED) is 0.805. The van der Waals surface area contributed by atoms with E-state index in [1.54, 1.807) is 17.0 Å². The summed E-state index contributed by atoms with van der Waals surface area (Å²) in [6.45, 7) is 1.40. The van der Waals surface area contributed by atoms with Gasteiger partial charge in [-0.25, -0.2) is 0 Å². The zero-order chi connectivity index (χ0) is 14.8. The van der Waals surface area contributed by atoms with Crippen LogP contribution in [-0.4, -0.2) is 54.4 Å². The summed E-state index contributed by atoms with van der Waals surface area (Å²) < 4.78 is 10.5. The number of rotatable bonds is 3. The first kappa shape index (κ1) is 13.7. The number of carbonyl (C=O) groups is 2. The molecule has 1 unspecified atom stereocenters. The molecule has 2 heterocycles. The van der Waals surface area contributed by atoms with Crippen molar-refractivity contribution >= 4 is 11.9 Å². The molecule has 2 N–H and O–H groups in total. The van der Waals surface area contributed by atoms with E-state index in [1.807, 2.05) is 6.07 Å². The second kappa shape index (κ2) is 5.61. The molecule has 21 heavy (non-hydrogen) atoms. The number of ether oxygens (including phenoxy) is 2. The SMILES string of the molecule is O=C(O)C1CN(C(=O)Cc2ccc3c(c2)OCO3)CCN1. The fourth-order valence-corrected chi connectivity index (χ4v) is 2.48. The maximum atomic E-state index is 12.3. The second-order valence-electron chi connectivity index (χ2n) is 5.05. The lowest BCUT2D eigenvalue weighted by molar-refractivity contribution is -0.142. The number of carboxylic acids is 1. The van der Waals surface area contributed by atoms with Gasteiger partial charge in [0.15, 0.2) is 11.5 Å². The molecule has 2 aliphatic heterocycles. The van der Waals surface area contributed by atoms with Gasteiger partial charge in [0.2, 0.25) is 12.7 Å². The third-order valence-corrected chi connectivity index (χ3v) is 3.62. The first-order valence-electron chi connectivity index (χ1n) is 6.76. The molecular weight excluding hydrogens is 276 g/mol. The Hall–Kier alpha value is -2.28. The largest absolute Gasteiger partial charge is 0.480 e. The minimum absolute atomic E-state index is 0.0818. The van der Waals surface area contributed by atoms with Gasteiger partial charge >= 0.3 is 5.97 Å². The maximum absolute atomic E-state index is 12.3. The molecule has 0 aromatic heterocycles. The van der Waals surface area contributed by atoms with Crippen LogP contribution in [0.5, 0.6) is 11.5 Å². The Kier molecular flexibility index (Phi) is 3.66. The zero-order valence-electron chi connectivity index (χ0n) is 11.4. The molecule has 3 rings (SSSR count). The van der Waals surface area contributed by atoms with Crippen LogP contribution in [-0.2, 0) is 16.0 Å². The third kappa shape index (κ3) is 2.92. The summed E-state index contributed by atoms with van der Waals surface area (Å²) in [5.74, 6) is 0.306. The summed E-state index contributed by atoms with van der Waals surface area (Å²) in [7, 11) is 0. The van der Waals surface area contributed by atoms with Crippen molar-refractivity contribution in [1.82, 2.24) is 10.2 Å². The number of amides is 1. The van der Waals surface area contributed by atoms with Crippen molar-refractivity contribution in [3.63, 3.8) is 0 Å². The van der Waals surface area contributed by atoms with Gasteiger partial charge < -0.3 is 24.8 Å². The predicted octanol–water partition coefficient (Wildman–Crippen LogP) is -0.157. The van der Waals surface area contributed by atoms with E-state index in [1.165, 1.54) is 0 Å². The third-order valence-electron chi connectivity index (χ3n) is 3.62. The molecule has 2 aliphatic rings. The van der Waals surface area contributed by atoms with Gasteiger partial charge in [0, 0.05) is 19.6 Å². The highest BCUT2D eigenvalue weighted by atomic mass is 16.7. The van der Waals surface area contributed by atoms with Crippen LogP contribution in [0.25, 0.3) is 0 Å². The number of hydrogen-bond donors (Lipinski definition) is 2. The maximum Gasteiger partial charge on any atom is 0.322 e. The lowest BCUT2D eigenvalue weighted by Gasteiger charge is -2.31.